The van der Waals surface area contributed by atoms with Crippen molar-refractivity contribution in [3.8, 4) is 0 Å². The van der Waals surface area contributed by atoms with Crippen molar-refractivity contribution in [2.75, 3.05) is 11.5 Å². The largest absolute Gasteiger partial charge is 0.310 e. The van der Waals surface area contributed by atoms with E-state index in [4.69, 9.17) is 11.6 Å². The summed E-state index contributed by atoms with van der Waals surface area (Å²) in [6.45, 7) is 2.08. The monoisotopic (exact) mass is 287 g/mol. The smallest absolute Gasteiger partial charge is 0.151 e. The Morgan fingerprint density at radius 3 is 2.61 bits per heavy atom. The Kier molecular flexibility index (Phi) is 4.30. The lowest BCUT2D eigenvalue weighted by molar-refractivity contribution is 0.469. The van der Waals surface area contributed by atoms with Crippen LogP contribution in [-0.2, 0) is 16.3 Å². The normalized spacial score (nSPS) is 24.0. The van der Waals surface area contributed by atoms with Crippen LogP contribution < -0.4 is 5.32 Å². The van der Waals surface area contributed by atoms with Crippen molar-refractivity contribution < 1.29 is 8.42 Å². The minimum Gasteiger partial charge on any atom is -0.310 e. The van der Waals surface area contributed by atoms with E-state index in [-0.39, 0.29) is 17.8 Å². The third-order valence-electron chi connectivity index (χ3n) is 3.21. The molecule has 2 atom stereocenters. The highest BCUT2D eigenvalue weighted by molar-refractivity contribution is 7.91. The molecule has 0 radical (unpaired) electrons. The zero-order chi connectivity index (χ0) is 13.2. The summed E-state index contributed by atoms with van der Waals surface area (Å²) in [6, 6.07) is 8.15. The van der Waals surface area contributed by atoms with E-state index < -0.39 is 9.84 Å². The first kappa shape index (κ1) is 13.8. The molecular formula is C13H18ClNO2S. The van der Waals surface area contributed by atoms with E-state index in [1.807, 2.05) is 24.3 Å². The van der Waals surface area contributed by atoms with Gasteiger partial charge in [0.25, 0.3) is 0 Å². The topological polar surface area (TPSA) is 46.2 Å². The first-order valence-electron chi connectivity index (χ1n) is 6.15. The van der Waals surface area contributed by atoms with E-state index in [0.717, 1.165) is 17.9 Å². The van der Waals surface area contributed by atoms with Gasteiger partial charge in [-0.05, 0) is 37.5 Å². The second-order valence-corrected chi connectivity index (χ2v) is 7.66. The lowest BCUT2D eigenvalue weighted by atomic mass is 10.1. The van der Waals surface area contributed by atoms with Crippen LogP contribution >= 0.6 is 11.6 Å². The van der Waals surface area contributed by atoms with Crippen molar-refractivity contribution in [2.24, 2.45) is 0 Å². The van der Waals surface area contributed by atoms with E-state index in [1.165, 1.54) is 5.56 Å². The number of rotatable bonds is 4. The summed E-state index contributed by atoms with van der Waals surface area (Å²) in [6.07, 6.45) is 1.61. The molecule has 0 unspecified atom stereocenters. The molecule has 1 aromatic rings. The van der Waals surface area contributed by atoms with Gasteiger partial charge < -0.3 is 5.32 Å². The van der Waals surface area contributed by atoms with E-state index in [2.05, 4.69) is 12.2 Å². The molecule has 1 fully saturated rings. The van der Waals surface area contributed by atoms with Crippen LogP contribution in [0.2, 0.25) is 5.02 Å². The zero-order valence-corrected chi connectivity index (χ0v) is 12.0. The third kappa shape index (κ3) is 3.97. The Morgan fingerprint density at radius 1 is 1.39 bits per heavy atom. The highest BCUT2D eigenvalue weighted by Gasteiger charge is 2.28. The highest BCUT2D eigenvalue weighted by atomic mass is 35.5. The fourth-order valence-corrected chi connectivity index (χ4v) is 4.17. The Balaban J connectivity index is 1.86. The molecule has 2 rings (SSSR count). The third-order valence-corrected chi connectivity index (χ3v) is 5.23. The molecule has 0 amide bonds. The lowest BCUT2D eigenvalue weighted by Gasteiger charge is -2.18. The average molecular weight is 288 g/mol. The number of hydrogen-bond donors (Lipinski definition) is 1. The number of halogens is 1. The second kappa shape index (κ2) is 5.59. The van der Waals surface area contributed by atoms with E-state index >= 15 is 0 Å². The summed E-state index contributed by atoms with van der Waals surface area (Å²) in [5, 5.41) is 4.12. The molecule has 1 N–H and O–H groups in total. The maximum absolute atomic E-state index is 11.4. The predicted molar refractivity (Wildman–Crippen MR) is 74.8 cm³/mol. The van der Waals surface area contributed by atoms with Crippen LogP contribution in [0.15, 0.2) is 24.3 Å². The van der Waals surface area contributed by atoms with Crippen LogP contribution in [0.3, 0.4) is 0 Å². The SMILES string of the molecule is C[C@@H](Cc1ccc(Cl)cc1)N[C@@H]1CCS(=O)(=O)C1. The summed E-state index contributed by atoms with van der Waals surface area (Å²) in [7, 11) is -2.80. The van der Waals surface area contributed by atoms with Gasteiger partial charge >= 0.3 is 0 Å². The number of sulfone groups is 1. The summed E-state index contributed by atoms with van der Waals surface area (Å²) >= 11 is 5.83. The van der Waals surface area contributed by atoms with Gasteiger partial charge in [-0.15, -0.1) is 0 Å². The van der Waals surface area contributed by atoms with Crippen molar-refractivity contribution in [3.63, 3.8) is 0 Å². The summed E-state index contributed by atoms with van der Waals surface area (Å²) < 4.78 is 22.7. The summed E-state index contributed by atoms with van der Waals surface area (Å²) in [4.78, 5) is 0. The van der Waals surface area contributed by atoms with E-state index in [9.17, 15) is 8.42 Å². The van der Waals surface area contributed by atoms with E-state index in [1.54, 1.807) is 0 Å². The maximum atomic E-state index is 11.4. The molecule has 1 aromatic carbocycles. The first-order valence-corrected chi connectivity index (χ1v) is 8.35. The van der Waals surface area contributed by atoms with Gasteiger partial charge in [0.05, 0.1) is 11.5 Å². The number of nitrogens with one attached hydrogen (secondary N) is 1. The Hall–Kier alpha value is -0.580. The van der Waals surface area contributed by atoms with Gasteiger partial charge in [-0.3, -0.25) is 0 Å². The lowest BCUT2D eigenvalue weighted by Crippen LogP contribution is -2.38. The molecule has 100 valence electrons. The Labute approximate surface area is 113 Å². The van der Waals surface area contributed by atoms with Crippen LogP contribution in [-0.4, -0.2) is 32.0 Å². The minimum atomic E-state index is -2.80. The summed E-state index contributed by atoms with van der Waals surface area (Å²) in [5.41, 5.74) is 1.21. The van der Waals surface area contributed by atoms with Gasteiger partial charge in [-0.2, -0.15) is 0 Å². The van der Waals surface area contributed by atoms with Crippen molar-refractivity contribution in [1.29, 1.82) is 0 Å². The molecule has 0 aromatic heterocycles. The molecule has 0 bridgehead atoms. The Morgan fingerprint density at radius 2 is 2.06 bits per heavy atom. The van der Waals surface area contributed by atoms with Crippen LogP contribution in [0.5, 0.6) is 0 Å². The van der Waals surface area contributed by atoms with Crippen molar-refractivity contribution in [1.82, 2.24) is 5.32 Å². The molecule has 3 nitrogen and oxygen atoms in total. The molecule has 0 spiro atoms. The van der Waals surface area contributed by atoms with Crippen LogP contribution in [0.25, 0.3) is 0 Å². The highest BCUT2D eigenvalue weighted by Crippen LogP contribution is 2.14. The number of hydrogen-bond acceptors (Lipinski definition) is 3. The molecule has 0 aliphatic carbocycles. The summed E-state index contributed by atoms with van der Waals surface area (Å²) in [5.74, 6) is 0.594. The molecular weight excluding hydrogens is 270 g/mol. The average Bonchev–Trinajstić information content (AvgIpc) is 2.61. The fourth-order valence-electron chi connectivity index (χ4n) is 2.36. The molecule has 1 saturated heterocycles. The Bertz CT molecular complexity index is 498. The van der Waals surface area contributed by atoms with Gasteiger partial charge in [0.1, 0.15) is 0 Å². The molecule has 1 heterocycles. The molecule has 0 saturated carbocycles. The van der Waals surface area contributed by atoms with Crippen LogP contribution in [0.1, 0.15) is 18.9 Å². The van der Waals surface area contributed by atoms with Gasteiger partial charge in [0.2, 0.25) is 0 Å². The zero-order valence-electron chi connectivity index (χ0n) is 10.4. The van der Waals surface area contributed by atoms with Crippen molar-refractivity contribution in [3.05, 3.63) is 34.9 Å². The van der Waals surface area contributed by atoms with Gasteiger partial charge in [0.15, 0.2) is 9.84 Å². The fraction of sp³-hybridized carbons (Fsp3) is 0.538. The van der Waals surface area contributed by atoms with Gasteiger partial charge in [0, 0.05) is 17.1 Å². The van der Waals surface area contributed by atoms with E-state index in [0.29, 0.717) is 5.75 Å². The predicted octanol–water partition coefficient (Wildman–Crippen LogP) is 2.05. The quantitative estimate of drug-likeness (QED) is 0.922. The second-order valence-electron chi connectivity index (χ2n) is 5.00. The maximum Gasteiger partial charge on any atom is 0.151 e. The van der Waals surface area contributed by atoms with Crippen LogP contribution in [0, 0.1) is 0 Å². The molecule has 5 heteroatoms. The van der Waals surface area contributed by atoms with Crippen LogP contribution in [0.4, 0.5) is 0 Å². The first-order chi connectivity index (χ1) is 8.44. The molecule has 1 aliphatic rings. The minimum absolute atomic E-state index is 0.109. The standard InChI is InChI=1S/C13H18ClNO2S/c1-10(8-11-2-4-12(14)5-3-11)15-13-6-7-18(16,17)9-13/h2-5,10,13,15H,6-9H2,1H3/t10-,13+/m0/s1. The van der Waals surface area contributed by atoms with Gasteiger partial charge in [-0.1, -0.05) is 23.7 Å². The van der Waals surface area contributed by atoms with Crippen molar-refractivity contribution in [2.45, 2.75) is 31.8 Å². The van der Waals surface area contributed by atoms with Gasteiger partial charge in [-0.25, -0.2) is 8.42 Å². The number of benzene rings is 1. The molecule has 18 heavy (non-hydrogen) atoms. The van der Waals surface area contributed by atoms with Crippen molar-refractivity contribution >= 4 is 21.4 Å². The molecule has 1 aliphatic heterocycles.